The van der Waals surface area contributed by atoms with Crippen LogP contribution in [0.15, 0.2) is 42.5 Å². The van der Waals surface area contributed by atoms with E-state index in [0.717, 1.165) is 0 Å². The van der Waals surface area contributed by atoms with Crippen LogP contribution in [0.5, 0.6) is 0 Å². The number of carboxylic acids is 1. The summed E-state index contributed by atoms with van der Waals surface area (Å²) in [6.45, 7) is 0. The molecule has 0 saturated heterocycles. The fourth-order valence-corrected chi connectivity index (χ4v) is 2.34. The van der Waals surface area contributed by atoms with Gasteiger partial charge in [-0.3, -0.25) is 4.79 Å². The van der Waals surface area contributed by atoms with Crippen molar-refractivity contribution in [3.8, 4) is 0 Å². The molecule has 6 heteroatoms. The van der Waals surface area contributed by atoms with Gasteiger partial charge in [0.25, 0.3) is 0 Å². The number of benzene rings is 2. The molecule has 0 aliphatic rings. The van der Waals surface area contributed by atoms with Gasteiger partial charge in [0.1, 0.15) is 0 Å². The fraction of sp³-hybridized carbons (Fsp3) is 0. The summed E-state index contributed by atoms with van der Waals surface area (Å²) in [7, 11) is 0. The zero-order chi connectivity index (χ0) is 16.3. The third-order valence-electron chi connectivity index (χ3n) is 2.89. The molecule has 0 heterocycles. The number of hydrogen-bond acceptors (Lipinski definition) is 2. The molecule has 22 heavy (non-hydrogen) atoms. The number of aromatic carboxylic acids is 1. The molecular weight excluding hydrogens is 347 g/mol. The van der Waals surface area contributed by atoms with Crippen LogP contribution in [0.25, 0.3) is 6.08 Å². The maximum atomic E-state index is 12.1. The van der Waals surface area contributed by atoms with E-state index in [1.807, 2.05) is 0 Å². The zero-order valence-corrected chi connectivity index (χ0v) is 13.3. The molecule has 0 aromatic heterocycles. The molecule has 0 radical (unpaired) electrons. The van der Waals surface area contributed by atoms with Gasteiger partial charge in [-0.1, -0.05) is 53.0 Å². The second kappa shape index (κ2) is 6.97. The smallest absolute Gasteiger partial charge is 0.335 e. The van der Waals surface area contributed by atoms with E-state index in [0.29, 0.717) is 5.56 Å². The van der Waals surface area contributed by atoms with Gasteiger partial charge in [-0.25, -0.2) is 4.79 Å². The minimum absolute atomic E-state index is 0.102. The van der Waals surface area contributed by atoms with Gasteiger partial charge in [-0.15, -0.1) is 0 Å². The van der Waals surface area contributed by atoms with E-state index in [1.165, 1.54) is 30.3 Å². The number of ketones is 1. The van der Waals surface area contributed by atoms with Gasteiger partial charge in [0.15, 0.2) is 5.78 Å². The largest absolute Gasteiger partial charge is 0.478 e. The summed E-state index contributed by atoms with van der Waals surface area (Å²) in [5.41, 5.74) is 1.11. The van der Waals surface area contributed by atoms with Crippen LogP contribution in [-0.2, 0) is 0 Å². The van der Waals surface area contributed by atoms with Crippen LogP contribution < -0.4 is 0 Å². The SMILES string of the molecule is O=C(O)c1ccc(C=CC(=O)c2ccc(Cl)c(Cl)c2Cl)cc1. The average molecular weight is 356 g/mol. The Labute approximate surface area is 141 Å². The fourth-order valence-electron chi connectivity index (χ4n) is 1.71. The van der Waals surface area contributed by atoms with E-state index in [4.69, 9.17) is 39.9 Å². The molecule has 0 bridgehead atoms. The molecule has 0 saturated carbocycles. The lowest BCUT2D eigenvalue weighted by Crippen LogP contribution is -1.97. The summed E-state index contributed by atoms with van der Waals surface area (Å²) in [6.07, 6.45) is 2.90. The monoisotopic (exact) mass is 354 g/mol. The Morgan fingerprint density at radius 3 is 2.14 bits per heavy atom. The average Bonchev–Trinajstić information content (AvgIpc) is 2.51. The van der Waals surface area contributed by atoms with E-state index < -0.39 is 5.97 Å². The Kier molecular flexibility index (Phi) is 5.24. The first-order chi connectivity index (χ1) is 10.4. The van der Waals surface area contributed by atoms with Crippen LogP contribution in [0.2, 0.25) is 15.1 Å². The first-order valence-electron chi connectivity index (χ1n) is 6.09. The van der Waals surface area contributed by atoms with Crippen LogP contribution in [-0.4, -0.2) is 16.9 Å². The van der Waals surface area contributed by atoms with Gasteiger partial charge in [-0.2, -0.15) is 0 Å². The van der Waals surface area contributed by atoms with Crippen LogP contribution >= 0.6 is 34.8 Å². The van der Waals surface area contributed by atoms with Crippen molar-refractivity contribution in [3.63, 3.8) is 0 Å². The molecule has 0 aliphatic carbocycles. The number of carboxylic acid groups (broad SMARTS) is 1. The van der Waals surface area contributed by atoms with Crippen LogP contribution in [0.4, 0.5) is 0 Å². The van der Waals surface area contributed by atoms with Crippen molar-refractivity contribution in [2.75, 3.05) is 0 Å². The van der Waals surface area contributed by atoms with Gasteiger partial charge >= 0.3 is 5.97 Å². The normalized spacial score (nSPS) is 10.9. The molecule has 0 amide bonds. The Bertz CT molecular complexity index is 765. The first kappa shape index (κ1) is 16.6. The summed E-state index contributed by atoms with van der Waals surface area (Å²) < 4.78 is 0. The van der Waals surface area contributed by atoms with Crippen molar-refractivity contribution in [2.24, 2.45) is 0 Å². The number of allylic oxidation sites excluding steroid dienone is 1. The van der Waals surface area contributed by atoms with Crippen molar-refractivity contribution in [1.29, 1.82) is 0 Å². The first-order valence-corrected chi connectivity index (χ1v) is 7.23. The summed E-state index contributed by atoms with van der Waals surface area (Å²) >= 11 is 17.7. The summed E-state index contributed by atoms with van der Waals surface area (Å²) in [5.74, 6) is -1.33. The second-order valence-corrected chi connectivity index (χ2v) is 5.51. The van der Waals surface area contributed by atoms with Gasteiger partial charge in [-0.05, 0) is 35.9 Å². The van der Waals surface area contributed by atoms with E-state index in [9.17, 15) is 9.59 Å². The molecule has 2 rings (SSSR count). The summed E-state index contributed by atoms with van der Waals surface area (Å²) in [5, 5.41) is 9.32. The standard InChI is InChI=1S/C16H9Cl3O3/c17-12-7-6-11(14(18)15(12)19)13(20)8-3-9-1-4-10(5-2-9)16(21)22/h1-8H,(H,21,22). The number of halogens is 3. The molecule has 0 spiro atoms. The molecule has 0 aliphatic heterocycles. The highest BCUT2D eigenvalue weighted by molar-refractivity contribution is 6.49. The number of carbonyl (C=O) groups excluding carboxylic acids is 1. The van der Waals surface area contributed by atoms with Crippen molar-refractivity contribution >= 4 is 52.6 Å². The molecule has 1 N–H and O–H groups in total. The van der Waals surface area contributed by atoms with E-state index >= 15 is 0 Å². The third kappa shape index (κ3) is 3.69. The van der Waals surface area contributed by atoms with Crippen LogP contribution in [0.1, 0.15) is 26.3 Å². The van der Waals surface area contributed by atoms with Crippen molar-refractivity contribution < 1.29 is 14.7 Å². The maximum absolute atomic E-state index is 12.1. The van der Waals surface area contributed by atoms with E-state index in [2.05, 4.69) is 0 Å². The zero-order valence-electron chi connectivity index (χ0n) is 11.0. The molecular formula is C16H9Cl3O3. The third-order valence-corrected chi connectivity index (χ3v) is 4.18. The van der Waals surface area contributed by atoms with Crippen molar-refractivity contribution in [1.82, 2.24) is 0 Å². The van der Waals surface area contributed by atoms with Gasteiger partial charge in [0, 0.05) is 5.56 Å². The number of carbonyl (C=O) groups is 2. The Hall–Kier alpha value is -1.81. The van der Waals surface area contributed by atoms with Crippen molar-refractivity contribution in [3.05, 3.63) is 74.2 Å². The lowest BCUT2D eigenvalue weighted by atomic mass is 10.1. The lowest BCUT2D eigenvalue weighted by Gasteiger charge is -2.03. The lowest BCUT2D eigenvalue weighted by molar-refractivity contribution is 0.0696. The molecule has 3 nitrogen and oxygen atoms in total. The minimum Gasteiger partial charge on any atom is -0.478 e. The molecule has 2 aromatic carbocycles. The highest BCUT2D eigenvalue weighted by Gasteiger charge is 2.13. The highest BCUT2D eigenvalue weighted by atomic mass is 35.5. The Morgan fingerprint density at radius 1 is 0.909 bits per heavy atom. The predicted octanol–water partition coefficient (Wildman–Crippen LogP) is 5.24. The van der Waals surface area contributed by atoms with Crippen LogP contribution in [0, 0.1) is 0 Å². The number of hydrogen-bond donors (Lipinski definition) is 1. The molecule has 0 atom stereocenters. The maximum Gasteiger partial charge on any atom is 0.335 e. The minimum atomic E-state index is -1.01. The van der Waals surface area contributed by atoms with Gasteiger partial charge in [0.2, 0.25) is 0 Å². The molecule has 0 fully saturated rings. The van der Waals surface area contributed by atoms with E-state index in [1.54, 1.807) is 18.2 Å². The quantitative estimate of drug-likeness (QED) is 0.463. The summed E-state index contributed by atoms with van der Waals surface area (Å²) in [4.78, 5) is 22.9. The Balaban J connectivity index is 2.21. The Morgan fingerprint density at radius 2 is 1.55 bits per heavy atom. The predicted molar refractivity (Wildman–Crippen MR) is 88.2 cm³/mol. The number of rotatable bonds is 4. The van der Waals surface area contributed by atoms with Gasteiger partial charge in [0.05, 0.1) is 20.6 Å². The van der Waals surface area contributed by atoms with E-state index in [-0.39, 0.29) is 32.0 Å². The molecule has 0 unspecified atom stereocenters. The second-order valence-electron chi connectivity index (χ2n) is 4.35. The topological polar surface area (TPSA) is 54.4 Å². The van der Waals surface area contributed by atoms with Gasteiger partial charge < -0.3 is 5.11 Å². The van der Waals surface area contributed by atoms with Crippen molar-refractivity contribution in [2.45, 2.75) is 0 Å². The summed E-state index contributed by atoms with van der Waals surface area (Å²) in [6, 6.07) is 9.11. The molecule has 2 aromatic rings. The van der Waals surface area contributed by atoms with Crippen LogP contribution in [0.3, 0.4) is 0 Å². The molecule has 112 valence electrons. The highest BCUT2D eigenvalue weighted by Crippen LogP contribution is 2.33.